The fourth-order valence-electron chi connectivity index (χ4n) is 4.71. The van der Waals surface area contributed by atoms with E-state index in [1.165, 1.54) is 5.56 Å². The molecule has 4 aromatic heterocycles. The van der Waals surface area contributed by atoms with E-state index in [2.05, 4.69) is 41.9 Å². The highest BCUT2D eigenvalue weighted by Crippen LogP contribution is 2.40. The van der Waals surface area contributed by atoms with Crippen molar-refractivity contribution in [2.75, 3.05) is 19.6 Å². The molecule has 0 aliphatic carbocycles. The van der Waals surface area contributed by atoms with Crippen molar-refractivity contribution in [1.29, 1.82) is 0 Å². The molecule has 1 atom stereocenters. The van der Waals surface area contributed by atoms with Crippen LogP contribution in [0.1, 0.15) is 53.4 Å². The van der Waals surface area contributed by atoms with E-state index in [0.29, 0.717) is 18.4 Å². The third-order valence-electron chi connectivity index (χ3n) is 6.28. The van der Waals surface area contributed by atoms with Gasteiger partial charge in [-0.15, -0.1) is 11.3 Å². The minimum atomic E-state index is 0.129. The average molecular weight is 437 g/mol. The molecule has 1 amide bonds. The maximum Gasteiger partial charge on any atom is 0.264 e. The van der Waals surface area contributed by atoms with Gasteiger partial charge in [-0.25, -0.2) is 9.50 Å². The third kappa shape index (κ3) is 3.43. The third-order valence-corrected chi connectivity index (χ3v) is 7.44. The summed E-state index contributed by atoms with van der Waals surface area (Å²) < 4.78 is 2.99. The van der Waals surface area contributed by atoms with Gasteiger partial charge in [-0.3, -0.25) is 4.79 Å². The van der Waals surface area contributed by atoms with Gasteiger partial charge < -0.3 is 15.6 Å². The van der Waals surface area contributed by atoms with E-state index < -0.39 is 0 Å². The Morgan fingerprint density at radius 2 is 2.23 bits per heavy atom. The van der Waals surface area contributed by atoms with Gasteiger partial charge in [-0.2, -0.15) is 5.10 Å². The van der Waals surface area contributed by atoms with Crippen LogP contribution in [0.5, 0.6) is 0 Å². The van der Waals surface area contributed by atoms with Crippen LogP contribution in [0, 0.1) is 12.8 Å². The lowest BCUT2D eigenvalue weighted by Gasteiger charge is -2.31. The minimum absolute atomic E-state index is 0.129. The van der Waals surface area contributed by atoms with Gasteiger partial charge in [-0.1, -0.05) is 13.8 Å². The molecule has 8 heteroatoms. The number of carbonyl (C=O) groups is 1. The van der Waals surface area contributed by atoms with Gasteiger partial charge in [0.1, 0.15) is 6.33 Å². The first-order valence-corrected chi connectivity index (χ1v) is 11.7. The van der Waals surface area contributed by atoms with Crippen molar-refractivity contribution in [3.8, 4) is 11.3 Å². The van der Waals surface area contributed by atoms with Gasteiger partial charge in [-0.05, 0) is 61.4 Å². The fourth-order valence-corrected chi connectivity index (χ4v) is 5.99. The van der Waals surface area contributed by atoms with Gasteiger partial charge >= 0.3 is 0 Å². The van der Waals surface area contributed by atoms with E-state index in [-0.39, 0.29) is 5.91 Å². The number of rotatable bonds is 4. The van der Waals surface area contributed by atoms with Crippen molar-refractivity contribution >= 4 is 33.1 Å². The number of piperidine rings is 1. The molecule has 1 aliphatic heterocycles. The zero-order valence-electron chi connectivity index (χ0n) is 18.2. The first kappa shape index (κ1) is 20.2. The average Bonchev–Trinajstić information content (AvgIpc) is 3.47. The summed E-state index contributed by atoms with van der Waals surface area (Å²) in [6.45, 7) is 8.68. The number of pyridine rings is 1. The van der Waals surface area contributed by atoms with Crippen LogP contribution in [-0.4, -0.2) is 50.0 Å². The van der Waals surface area contributed by atoms with Crippen LogP contribution in [0.3, 0.4) is 0 Å². The Morgan fingerprint density at radius 3 is 3.00 bits per heavy atom. The fraction of sp³-hybridized carbons (Fsp3) is 0.435. The molecule has 7 nitrogen and oxygen atoms in total. The maximum absolute atomic E-state index is 13.2. The summed E-state index contributed by atoms with van der Waals surface area (Å²) in [5, 5.41) is 4.32. The summed E-state index contributed by atoms with van der Waals surface area (Å²) in [6, 6.07) is 4.17. The number of hydrogen-bond acceptors (Lipinski definition) is 5. The lowest BCUT2D eigenvalue weighted by Crippen LogP contribution is -2.41. The lowest BCUT2D eigenvalue weighted by molar-refractivity contribution is 0.0683. The number of nitrogens with one attached hydrogen (secondary N) is 1. The first-order chi connectivity index (χ1) is 15.0. The number of nitrogens with two attached hydrogens (primary N) is 1. The van der Waals surface area contributed by atoms with Crippen molar-refractivity contribution in [3.63, 3.8) is 0 Å². The highest BCUT2D eigenvalue weighted by molar-refractivity contribution is 7.21. The number of likely N-dealkylation sites (tertiary alicyclic amines) is 1. The number of H-pyrrole nitrogens is 1. The van der Waals surface area contributed by atoms with Crippen LogP contribution in [0.2, 0.25) is 0 Å². The predicted octanol–water partition coefficient (Wildman–Crippen LogP) is 4.18. The van der Waals surface area contributed by atoms with Gasteiger partial charge in [0.05, 0.1) is 20.8 Å². The molecule has 0 spiro atoms. The van der Waals surface area contributed by atoms with E-state index in [4.69, 9.17) is 5.73 Å². The normalized spacial score (nSPS) is 17.3. The van der Waals surface area contributed by atoms with E-state index in [1.807, 2.05) is 21.7 Å². The summed E-state index contributed by atoms with van der Waals surface area (Å²) >= 11 is 1.60. The van der Waals surface area contributed by atoms with Gasteiger partial charge in [0.15, 0.2) is 5.65 Å². The molecule has 0 saturated carbocycles. The number of fused-ring (bicyclic) bond motifs is 2. The predicted molar refractivity (Wildman–Crippen MR) is 125 cm³/mol. The molecule has 5 heterocycles. The molecular formula is C23H28N6OS. The number of aromatic nitrogens is 4. The quantitative estimate of drug-likeness (QED) is 0.502. The van der Waals surface area contributed by atoms with Crippen LogP contribution in [0.15, 0.2) is 24.7 Å². The Hall–Kier alpha value is -2.71. The van der Waals surface area contributed by atoms with Crippen molar-refractivity contribution in [1.82, 2.24) is 24.5 Å². The van der Waals surface area contributed by atoms with Crippen LogP contribution >= 0.6 is 11.3 Å². The molecule has 162 valence electrons. The standard InChI is InChI=1S/C23H28N6OS/c1-13(2)19-20(16-7-14(3)22-25-12-26-29(22)11-16)27-17-8-18(31-21(17)19)23(30)28-6-4-5-15(9-24)10-28/h7-8,11-13,15,27H,4-6,9-10,24H2,1-3H3. The number of nitrogens with zero attached hydrogens (tertiary/aromatic N) is 4. The molecule has 1 fully saturated rings. The molecule has 3 N–H and O–H groups in total. The Labute approximate surface area is 185 Å². The second-order valence-corrected chi connectivity index (χ2v) is 9.91. The van der Waals surface area contributed by atoms with Crippen molar-refractivity contribution in [2.24, 2.45) is 11.7 Å². The highest BCUT2D eigenvalue weighted by atomic mass is 32.1. The molecule has 1 aliphatic rings. The maximum atomic E-state index is 13.2. The van der Waals surface area contributed by atoms with Crippen molar-refractivity contribution in [2.45, 2.75) is 39.5 Å². The van der Waals surface area contributed by atoms with E-state index >= 15 is 0 Å². The van der Waals surface area contributed by atoms with Crippen LogP contribution in [-0.2, 0) is 0 Å². The van der Waals surface area contributed by atoms with E-state index in [9.17, 15) is 4.79 Å². The molecule has 0 radical (unpaired) electrons. The van der Waals surface area contributed by atoms with Gasteiger partial charge in [0.25, 0.3) is 5.91 Å². The Kier molecular flexibility index (Phi) is 5.06. The summed E-state index contributed by atoms with van der Waals surface area (Å²) in [5.41, 5.74) is 12.3. The number of amides is 1. The van der Waals surface area contributed by atoms with Crippen LogP contribution < -0.4 is 5.73 Å². The van der Waals surface area contributed by atoms with E-state index in [0.717, 1.165) is 63.5 Å². The molecule has 4 aromatic rings. The van der Waals surface area contributed by atoms with Crippen molar-refractivity contribution in [3.05, 3.63) is 40.7 Å². The lowest BCUT2D eigenvalue weighted by atomic mass is 9.98. The molecular weight excluding hydrogens is 408 g/mol. The first-order valence-electron chi connectivity index (χ1n) is 10.9. The largest absolute Gasteiger partial charge is 0.354 e. The molecule has 0 bridgehead atoms. The zero-order chi connectivity index (χ0) is 21.7. The monoisotopic (exact) mass is 436 g/mol. The second kappa shape index (κ2) is 7.76. The molecule has 1 unspecified atom stereocenters. The summed E-state index contributed by atoms with van der Waals surface area (Å²) in [4.78, 5) is 23.9. The number of carbonyl (C=O) groups excluding carboxylic acids is 1. The minimum Gasteiger partial charge on any atom is -0.354 e. The Bertz CT molecular complexity index is 1270. The van der Waals surface area contributed by atoms with Gasteiger partial charge in [0, 0.05) is 24.8 Å². The van der Waals surface area contributed by atoms with E-state index in [1.54, 1.807) is 17.7 Å². The topological polar surface area (TPSA) is 92.3 Å². The SMILES string of the molecule is Cc1cc(-c2[nH]c3cc(C(=O)N4CCCC(CN)C4)sc3c2C(C)C)cn2ncnc12. The number of hydrogen-bond donors (Lipinski definition) is 2. The van der Waals surface area contributed by atoms with Crippen LogP contribution in [0.4, 0.5) is 0 Å². The van der Waals surface area contributed by atoms with Crippen molar-refractivity contribution < 1.29 is 4.79 Å². The highest BCUT2D eigenvalue weighted by Gasteiger charge is 2.27. The zero-order valence-corrected chi connectivity index (χ0v) is 19.0. The molecule has 5 rings (SSSR count). The Morgan fingerprint density at radius 1 is 1.39 bits per heavy atom. The Balaban J connectivity index is 1.55. The second-order valence-electron chi connectivity index (χ2n) is 8.86. The van der Waals surface area contributed by atoms with Gasteiger partial charge in [0.2, 0.25) is 0 Å². The summed E-state index contributed by atoms with van der Waals surface area (Å²) in [6.07, 6.45) is 5.74. The number of aryl methyl sites for hydroxylation is 1. The number of thiophene rings is 1. The summed E-state index contributed by atoms with van der Waals surface area (Å²) in [7, 11) is 0. The molecule has 0 aromatic carbocycles. The molecule has 1 saturated heterocycles. The van der Waals surface area contributed by atoms with Crippen LogP contribution in [0.25, 0.3) is 27.1 Å². The smallest absolute Gasteiger partial charge is 0.264 e. The molecule has 31 heavy (non-hydrogen) atoms. The summed E-state index contributed by atoms with van der Waals surface area (Å²) in [5.74, 6) is 0.855. The number of aromatic amines is 1.